The van der Waals surface area contributed by atoms with E-state index in [1.807, 2.05) is 13.8 Å². The van der Waals surface area contributed by atoms with E-state index in [1.165, 1.54) is 6.08 Å². The lowest BCUT2D eigenvalue weighted by Crippen LogP contribution is -2.28. The van der Waals surface area contributed by atoms with E-state index in [-0.39, 0.29) is 18.2 Å². The second kappa shape index (κ2) is 7.21. The predicted octanol–water partition coefficient (Wildman–Crippen LogP) is 1.86. The van der Waals surface area contributed by atoms with Gasteiger partial charge in [0.1, 0.15) is 0 Å². The Bertz CT molecular complexity index is 574. The van der Waals surface area contributed by atoms with Gasteiger partial charge in [0, 0.05) is 12.6 Å². The van der Waals surface area contributed by atoms with Gasteiger partial charge < -0.3 is 5.11 Å². The second-order valence-electron chi connectivity index (χ2n) is 4.91. The van der Waals surface area contributed by atoms with Crippen molar-refractivity contribution >= 4 is 22.1 Å². The van der Waals surface area contributed by atoms with Gasteiger partial charge in [-0.25, -0.2) is 17.9 Å². The Labute approximate surface area is 119 Å². The lowest BCUT2D eigenvalue weighted by atomic mass is 10.1. The molecule has 0 aromatic heterocycles. The molecule has 0 radical (unpaired) electrons. The van der Waals surface area contributed by atoms with E-state index in [0.29, 0.717) is 0 Å². The average molecular weight is 297 g/mol. The number of hydrogen-bond acceptors (Lipinski definition) is 3. The summed E-state index contributed by atoms with van der Waals surface area (Å²) in [6.07, 6.45) is 2.54. The first-order chi connectivity index (χ1) is 9.28. The van der Waals surface area contributed by atoms with Gasteiger partial charge in [-0.05, 0) is 23.1 Å². The Kier molecular flexibility index (Phi) is 5.91. The lowest BCUT2D eigenvalue weighted by molar-refractivity contribution is -0.131. The fourth-order valence-corrected chi connectivity index (χ4v) is 2.99. The summed E-state index contributed by atoms with van der Waals surface area (Å²) in [6.45, 7) is 3.93. The van der Waals surface area contributed by atoms with Gasteiger partial charge in [0.15, 0.2) is 0 Å². The maximum Gasteiger partial charge on any atom is 0.328 e. The largest absolute Gasteiger partial charge is 0.478 e. The first kappa shape index (κ1) is 16.4. The number of carboxylic acid groups (broad SMARTS) is 1. The van der Waals surface area contributed by atoms with Crippen LogP contribution >= 0.6 is 0 Å². The predicted molar refractivity (Wildman–Crippen MR) is 78.6 cm³/mol. The van der Waals surface area contributed by atoms with E-state index >= 15 is 0 Å². The van der Waals surface area contributed by atoms with Crippen molar-refractivity contribution in [3.8, 4) is 0 Å². The zero-order valence-corrected chi connectivity index (χ0v) is 12.4. The number of carbonyl (C=O) groups is 1. The normalized spacial score (nSPS) is 12.2. The molecular formula is C14H19NO4S. The van der Waals surface area contributed by atoms with Crippen LogP contribution in [0.5, 0.6) is 0 Å². The van der Waals surface area contributed by atoms with Crippen LogP contribution in [0.2, 0.25) is 0 Å². The standard InChI is InChI=1S/C14H19NO4S/c1-11(2)10-20(18,19)15-9-13-5-3-12(4-6-13)7-8-14(16)17/h3-8,11,15H,9-10H2,1-2H3,(H,16,17). The Morgan fingerprint density at radius 1 is 1.30 bits per heavy atom. The first-order valence-electron chi connectivity index (χ1n) is 6.26. The summed E-state index contributed by atoms with van der Waals surface area (Å²) in [4.78, 5) is 10.4. The molecule has 0 fully saturated rings. The van der Waals surface area contributed by atoms with Crippen LogP contribution in [0.4, 0.5) is 0 Å². The summed E-state index contributed by atoms with van der Waals surface area (Å²) >= 11 is 0. The van der Waals surface area contributed by atoms with Crippen LogP contribution in [0, 0.1) is 5.92 Å². The van der Waals surface area contributed by atoms with Crippen molar-refractivity contribution in [2.24, 2.45) is 5.92 Å². The number of rotatable bonds is 7. The van der Waals surface area contributed by atoms with Crippen LogP contribution in [0.1, 0.15) is 25.0 Å². The van der Waals surface area contributed by atoms with Crippen molar-refractivity contribution in [2.45, 2.75) is 20.4 Å². The van der Waals surface area contributed by atoms with E-state index in [1.54, 1.807) is 24.3 Å². The summed E-state index contributed by atoms with van der Waals surface area (Å²) in [5, 5.41) is 8.51. The highest BCUT2D eigenvalue weighted by atomic mass is 32.2. The molecule has 1 aromatic carbocycles. The molecule has 0 amide bonds. The molecule has 0 saturated carbocycles. The molecule has 0 bridgehead atoms. The molecule has 0 aliphatic heterocycles. The minimum absolute atomic E-state index is 0.0797. The molecule has 2 N–H and O–H groups in total. The third-order valence-corrected chi connectivity index (χ3v) is 4.14. The maximum atomic E-state index is 11.7. The Balaban J connectivity index is 2.60. The van der Waals surface area contributed by atoms with E-state index in [4.69, 9.17) is 5.11 Å². The zero-order chi connectivity index (χ0) is 15.2. The molecule has 1 rings (SSSR count). The van der Waals surface area contributed by atoms with Crippen LogP contribution in [-0.2, 0) is 21.4 Å². The van der Waals surface area contributed by atoms with Crippen LogP contribution in [0.15, 0.2) is 30.3 Å². The lowest BCUT2D eigenvalue weighted by Gasteiger charge is -2.08. The number of hydrogen-bond donors (Lipinski definition) is 2. The van der Waals surface area contributed by atoms with E-state index in [2.05, 4.69) is 4.72 Å². The Morgan fingerprint density at radius 3 is 2.40 bits per heavy atom. The average Bonchev–Trinajstić information content (AvgIpc) is 2.33. The number of sulfonamides is 1. The molecule has 5 nitrogen and oxygen atoms in total. The Hall–Kier alpha value is -1.66. The van der Waals surface area contributed by atoms with E-state index in [9.17, 15) is 13.2 Å². The monoisotopic (exact) mass is 297 g/mol. The van der Waals surface area contributed by atoms with Crippen molar-refractivity contribution in [3.05, 3.63) is 41.5 Å². The fraction of sp³-hybridized carbons (Fsp3) is 0.357. The number of aliphatic carboxylic acids is 1. The highest BCUT2D eigenvalue weighted by Crippen LogP contribution is 2.07. The number of benzene rings is 1. The zero-order valence-electron chi connectivity index (χ0n) is 11.5. The SMILES string of the molecule is CC(C)CS(=O)(=O)NCc1ccc(C=CC(=O)O)cc1. The van der Waals surface area contributed by atoms with E-state index < -0.39 is 16.0 Å². The summed E-state index contributed by atoms with van der Waals surface area (Å²) in [6, 6.07) is 7.01. The fourth-order valence-electron chi connectivity index (χ4n) is 1.61. The molecule has 0 aliphatic rings. The molecule has 0 aliphatic carbocycles. The maximum absolute atomic E-state index is 11.7. The third-order valence-electron chi connectivity index (χ3n) is 2.45. The topological polar surface area (TPSA) is 83.5 Å². The van der Waals surface area contributed by atoms with Crippen molar-refractivity contribution in [1.82, 2.24) is 4.72 Å². The van der Waals surface area contributed by atoms with Gasteiger partial charge in [0.25, 0.3) is 0 Å². The molecule has 0 saturated heterocycles. The van der Waals surface area contributed by atoms with Gasteiger partial charge in [0.05, 0.1) is 5.75 Å². The number of nitrogens with one attached hydrogen (secondary N) is 1. The molecule has 110 valence electrons. The van der Waals surface area contributed by atoms with Crippen molar-refractivity contribution in [1.29, 1.82) is 0 Å². The molecule has 0 atom stereocenters. The van der Waals surface area contributed by atoms with Gasteiger partial charge in [0.2, 0.25) is 10.0 Å². The quantitative estimate of drug-likeness (QED) is 0.752. The summed E-state index contributed by atoms with van der Waals surface area (Å²) in [5.41, 5.74) is 1.57. The molecular weight excluding hydrogens is 278 g/mol. The van der Waals surface area contributed by atoms with Gasteiger partial charge >= 0.3 is 5.97 Å². The van der Waals surface area contributed by atoms with Crippen LogP contribution in [0.25, 0.3) is 6.08 Å². The molecule has 6 heteroatoms. The molecule has 20 heavy (non-hydrogen) atoms. The third kappa shape index (κ3) is 6.49. The first-order valence-corrected chi connectivity index (χ1v) is 7.91. The number of carboxylic acids is 1. The van der Waals surface area contributed by atoms with Crippen LogP contribution in [0.3, 0.4) is 0 Å². The van der Waals surface area contributed by atoms with Crippen molar-refractivity contribution < 1.29 is 18.3 Å². The van der Waals surface area contributed by atoms with Crippen molar-refractivity contribution in [3.63, 3.8) is 0 Å². The minimum Gasteiger partial charge on any atom is -0.478 e. The molecule has 0 heterocycles. The summed E-state index contributed by atoms with van der Waals surface area (Å²) in [7, 11) is -3.25. The highest BCUT2D eigenvalue weighted by molar-refractivity contribution is 7.89. The summed E-state index contributed by atoms with van der Waals surface area (Å²) in [5.74, 6) is -0.821. The second-order valence-corrected chi connectivity index (χ2v) is 6.76. The van der Waals surface area contributed by atoms with Gasteiger partial charge in [-0.2, -0.15) is 0 Å². The van der Waals surface area contributed by atoms with Crippen LogP contribution in [-0.4, -0.2) is 25.2 Å². The van der Waals surface area contributed by atoms with Gasteiger partial charge in [-0.1, -0.05) is 38.1 Å². The highest BCUT2D eigenvalue weighted by Gasteiger charge is 2.11. The van der Waals surface area contributed by atoms with E-state index in [0.717, 1.165) is 17.2 Å². The van der Waals surface area contributed by atoms with Crippen LogP contribution < -0.4 is 4.72 Å². The Morgan fingerprint density at radius 2 is 1.90 bits per heavy atom. The van der Waals surface area contributed by atoms with Gasteiger partial charge in [-0.15, -0.1) is 0 Å². The molecule has 1 aromatic rings. The van der Waals surface area contributed by atoms with Gasteiger partial charge in [-0.3, -0.25) is 0 Å². The smallest absolute Gasteiger partial charge is 0.328 e. The summed E-state index contributed by atoms with van der Waals surface area (Å²) < 4.78 is 25.9. The minimum atomic E-state index is -3.25. The molecule has 0 spiro atoms. The van der Waals surface area contributed by atoms with Crippen molar-refractivity contribution in [2.75, 3.05) is 5.75 Å². The molecule has 0 unspecified atom stereocenters.